The summed E-state index contributed by atoms with van der Waals surface area (Å²) in [5.41, 5.74) is 5.36. The predicted octanol–water partition coefficient (Wildman–Crippen LogP) is 5.49. The minimum atomic E-state index is -0.773. The van der Waals surface area contributed by atoms with E-state index in [1.807, 2.05) is 35.8 Å². The number of nitrogens with one attached hydrogen (secondary N) is 1. The fourth-order valence-electron chi connectivity index (χ4n) is 4.07. The van der Waals surface area contributed by atoms with Gasteiger partial charge in [-0.2, -0.15) is 0 Å². The Bertz CT molecular complexity index is 1240. The molecule has 184 valence electrons. The first-order chi connectivity index (χ1) is 16.8. The van der Waals surface area contributed by atoms with E-state index in [4.69, 9.17) is 28.2 Å². The fourth-order valence-corrected chi connectivity index (χ4v) is 4.83. The lowest BCUT2D eigenvalue weighted by atomic mass is 10.1. The number of carbonyl (C=O) groups is 1. The van der Waals surface area contributed by atoms with Crippen LogP contribution in [0.3, 0.4) is 0 Å². The number of halogens is 3. The van der Waals surface area contributed by atoms with E-state index in [1.54, 1.807) is 23.2 Å². The number of hydrazine groups is 1. The molecular formula is C23H22BrCl2N5O4. The molecular weight excluding hydrogens is 561 g/mol. The van der Waals surface area contributed by atoms with Gasteiger partial charge in [0.1, 0.15) is 11.9 Å². The lowest BCUT2D eigenvalue weighted by Crippen LogP contribution is -2.48. The number of hydrogen-bond donors (Lipinski definition) is 1. The highest BCUT2D eigenvalue weighted by atomic mass is 79.9. The third kappa shape index (κ3) is 5.78. The van der Waals surface area contributed by atoms with Crippen molar-refractivity contribution in [3.8, 4) is 17.1 Å². The average Bonchev–Trinajstić information content (AvgIpc) is 3.20. The Morgan fingerprint density at radius 1 is 1.23 bits per heavy atom. The second kappa shape index (κ2) is 10.9. The summed E-state index contributed by atoms with van der Waals surface area (Å²) in [6, 6.07) is 12.8. The number of nitrogens with zero attached hydrogens (tertiary/aromatic N) is 4. The topological polar surface area (TPSA) is 103 Å². The maximum absolute atomic E-state index is 13.3. The zero-order valence-corrected chi connectivity index (χ0v) is 21.8. The number of rotatable bonds is 7. The Morgan fingerprint density at radius 3 is 2.51 bits per heavy atom. The molecule has 35 heavy (non-hydrogen) atoms. The van der Waals surface area contributed by atoms with E-state index in [1.165, 1.54) is 0 Å². The highest BCUT2D eigenvalue weighted by molar-refractivity contribution is 9.10. The molecule has 0 saturated carbocycles. The highest BCUT2D eigenvalue weighted by Gasteiger charge is 2.28. The monoisotopic (exact) mass is 581 g/mol. The Balaban J connectivity index is 1.69. The van der Waals surface area contributed by atoms with Gasteiger partial charge in [0, 0.05) is 33.8 Å². The first-order valence-electron chi connectivity index (χ1n) is 11.0. The zero-order chi connectivity index (χ0) is 25.1. The Kier molecular flexibility index (Phi) is 7.95. The van der Waals surface area contributed by atoms with E-state index in [2.05, 4.69) is 26.2 Å². The van der Waals surface area contributed by atoms with Gasteiger partial charge < -0.3 is 4.84 Å². The van der Waals surface area contributed by atoms with E-state index < -0.39 is 11.2 Å². The first-order valence-corrected chi connectivity index (χ1v) is 12.5. The summed E-state index contributed by atoms with van der Waals surface area (Å²) in [5, 5.41) is 12.5. The lowest BCUT2D eigenvalue weighted by molar-refractivity contribution is -0.769. The second-order valence-corrected chi connectivity index (χ2v) is 9.74. The Hall–Kier alpha value is -2.66. The molecule has 2 heterocycles. The number of benzene rings is 2. The summed E-state index contributed by atoms with van der Waals surface area (Å²) in [7, 11) is 0. The molecule has 1 amide bonds. The van der Waals surface area contributed by atoms with Crippen LogP contribution in [0.5, 0.6) is 0 Å². The van der Waals surface area contributed by atoms with E-state index in [0.29, 0.717) is 53.8 Å². The zero-order valence-electron chi connectivity index (χ0n) is 18.7. The molecule has 9 nitrogen and oxygen atoms in total. The smallest absolute Gasteiger partial charge is 0.294 e. The third-order valence-corrected chi connectivity index (χ3v) is 6.79. The van der Waals surface area contributed by atoms with Crippen LogP contribution in [0.2, 0.25) is 10.0 Å². The van der Waals surface area contributed by atoms with Crippen molar-refractivity contribution in [3.63, 3.8) is 0 Å². The predicted molar refractivity (Wildman–Crippen MR) is 136 cm³/mol. The van der Waals surface area contributed by atoms with Crippen molar-refractivity contribution in [2.75, 3.05) is 13.1 Å². The number of hydrogen-bond acceptors (Lipinski definition) is 6. The van der Waals surface area contributed by atoms with Gasteiger partial charge in [-0.05, 0) is 61.7 Å². The molecule has 0 aliphatic carbocycles. The summed E-state index contributed by atoms with van der Waals surface area (Å²) in [5.74, 6) is 0.159. The quantitative estimate of drug-likeness (QED) is 0.292. The maximum atomic E-state index is 13.3. The van der Waals surface area contributed by atoms with Crippen molar-refractivity contribution >= 4 is 45.0 Å². The number of imidazole rings is 1. The van der Waals surface area contributed by atoms with Crippen LogP contribution in [0.25, 0.3) is 17.1 Å². The second-order valence-electron chi connectivity index (χ2n) is 7.98. The molecule has 4 rings (SSSR count). The summed E-state index contributed by atoms with van der Waals surface area (Å²) in [6.07, 6.45) is 0.928. The number of aromatic nitrogens is 2. The Morgan fingerprint density at radius 2 is 1.91 bits per heavy atom. The van der Waals surface area contributed by atoms with E-state index in [9.17, 15) is 14.9 Å². The van der Waals surface area contributed by atoms with Crippen molar-refractivity contribution in [1.29, 1.82) is 0 Å². The van der Waals surface area contributed by atoms with Gasteiger partial charge in [0.15, 0.2) is 5.69 Å². The summed E-state index contributed by atoms with van der Waals surface area (Å²) >= 11 is 16.1. The number of piperidine rings is 1. The van der Waals surface area contributed by atoms with Gasteiger partial charge in [-0.1, -0.05) is 46.1 Å². The Labute approximate surface area is 220 Å². The maximum Gasteiger partial charge on any atom is 0.294 e. The van der Waals surface area contributed by atoms with Gasteiger partial charge in [-0.15, -0.1) is 10.1 Å². The molecule has 2 aromatic carbocycles. The third-order valence-electron chi connectivity index (χ3n) is 5.72. The molecule has 1 aliphatic rings. The van der Waals surface area contributed by atoms with E-state index in [0.717, 1.165) is 15.9 Å². The van der Waals surface area contributed by atoms with Crippen molar-refractivity contribution in [2.24, 2.45) is 0 Å². The molecule has 0 unspecified atom stereocenters. The summed E-state index contributed by atoms with van der Waals surface area (Å²) in [4.78, 5) is 33.3. The van der Waals surface area contributed by atoms with Gasteiger partial charge in [0.2, 0.25) is 0 Å². The highest BCUT2D eigenvalue weighted by Crippen LogP contribution is 2.34. The van der Waals surface area contributed by atoms with Crippen LogP contribution in [0.15, 0.2) is 46.9 Å². The van der Waals surface area contributed by atoms with Crippen LogP contribution in [0, 0.1) is 10.1 Å². The van der Waals surface area contributed by atoms with Crippen LogP contribution < -0.4 is 5.43 Å². The van der Waals surface area contributed by atoms with Crippen LogP contribution >= 0.6 is 39.1 Å². The van der Waals surface area contributed by atoms with E-state index >= 15 is 0 Å². The van der Waals surface area contributed by atoms with E-state index in [-0.39, 0.29) is 11.6 Å². The minimum absolute atomic E-state index is 0.278. The van der Waals surface area contributed by atoms with Gasteiger partial charge in [-0.25, -0.2) is 9.99 Å². The number of amides is 1. The van der Waals surface area contributed by atoms with Gasteiger partial charge in [-0.3, -0.25) is 14.8 Å². The largest absolute Gasteiger partial charge is 0.310 e. The fraction of sp³-hybridized carbons (Fsp3) is 0.304. The number of carbonyl (C=O) groups excluding carboxylic acids is 1. The van der Waals surface area contributed by atoms with Crippen LogP contribution in [0.4, 0.5) is 0 Å². The molecule has 12 heteroatoms. The molecule has 0 spiro atoms. The van der Waals surface area contributed by atoms with Crippen molar-refractivity contribution in [2.45, 2.75) is 32.3 Å². The van der Waals surface area contributed by atoms with Crippen LogP contribution in [0.1, 0.15) is 35.9 Å². The van der Waals surface area contributed by atoms with Crippen molar-refractivity contribution < 1.29 is 14.7 Å². The molecule has 1 fully saturated rings. The van der Waals surface area contributed by atoms with Crippen molar-refractivity contribution in [1.82, 2.24) is 20.0 Å². The molecule has 1 aliphatic heterocycles. The molecule has 1 aromatic heterocycles. The average molecular weight is 583 g/mol. The standard InChI is InChI=1S/C23H22BrCl2N5O4/c1-2-20-21(23(32)28-29-11-9-17(10-12-29)35-31(33)34)27-22(18-8-5-15(25)13-19(18)26)30(20)16-6-3-14(24)4-7-16/h3-8,13,17H,2,9-12H2,1H3,(H,28,32). The minimum Gasteiger partial charge on any atom is -0.310 e. The normalized spacial score (nSPS) is 14.6. The first kappa shape index (κ1) is 25.4. The summed E-state index contributed by atoms with van der Waals surface area (Å²) < 4.78 is 2.85. The summed E-state index contributed by atoms with van der Waals surface area (Å²) in [6.45, 7) is 2.81. The molecule has 1 N–H and O–H groups in total. The van der Waals surface area contributed by atoms with Crippen LogP contribution in [-0.2, 0) is 11.3 Å². The van der Waals surface area contributed by atoms with Gasteiger partial charge in [0.25, 0.3) is 11.0 Å². The SMILES string of the molecule is CCc1c(C(=O)NN2CCC(O[N+](=O)[O-])CC2)nc(-c2ccc(Cl)cc2Cl)n1-c1ccc(Br)cc1. The molecule has 1 saturated heterocycles. The van der Waals surface area contributed by atoms with Gasteiger partial charge in [0.05, 0.1) is 10.7 Å². The molecule has 0 radical (unpaired) electrons. The van der Waals surface area contributed by atoms with Gasteiger partial charge >= 0.3 is 0 Å². The van der Waals surface area contributed by atoms with Crippen molar-refractivity contribution in [3.05, 3.63) is 78.5 Å². The lowest BCUT2D eigenvalue weighted by Gasteiger charge is -2.30. The molecule has 3 aromatic rings. The molecule has 0 atom stereocenters. The molecule has 0 bridgehead atoms. The van der Waals surface area contributed by atoms with Crippen LogP contribution in [-0.4, -0.2) is 44.7 Å².